The van der Waals surface area contributed by atoms with Crippen LogP contribution in [0.1, 0.15) is 34.3 Å². The summed E-state index contributed by atoms with van der Waals surface area (Å²) in [6.45, 7) is 3.90. The number of carbonyl (C=O) groups excluding carboxylic acids is 1. The van der Waals surface area contributed by atoms with Gasteiger partial charge >= 0.3 is 5.97 Å². The zero-order chi connectivity index (χ0) is 25.9. The predicted molar refractivity (Wildman–Crippen MR) is 139 cm³/mol. The van der Waals surface area contributed by atoms with E-state index in [2.05, 4.69) is 14.3 Å². The first-order chi connectivity index (χ1) is 17.9. The highest BCUT2D eigenvalue weighted by atomic mass is 32.1. The molecule has 1 fully saturated rings. The third kappa shape index (κ3) is 5.13. The first kappa shape index (κ1) is 24.7. The van der Waals surface area contributed by atoms with Gasteiger partial charge in [0.05, 0.1) is 17.9 Å². The van der Waals surface area contributed by atoms with Gasteiger partial charge in [-0.3, -0.25) is 14.2 Å². The Labute approximate surface area is 216 Å². The van der Waals surface area contributed by atoms with Crippen LogP contribution in [-0.2, 0) is 16.1 Å². The maximum atomic E-state index is 12.9. The number of rotatable bonds is 10. The molecule has 11 heteroatoms. The van der Waals surface area contributed by atoms with E-state index >= 15 is 0 Å². The molecule has 4 heterocycles. The molecule has 0 unspecified atom stereocenters. The van der Waals surface area contributed by atoms with Crippen molar-refractivity contribution in [3.05, 3.63) is 75.8 Å². The van der Waals surface area contributed by atoms with E-state index < -0.39 is 11.4 Å². The van der Waals surface area contributed by atoms with Crippen LogP contribution in [0, 0.1) is 12.8 Å². The van der Waals surface area contributed by atoms with Crippen LogP contribution in [0.15, 0.2) is 53.7 Å². The number of pyridine rings is 2. The quantitative estimate of drug-likeness (QED) is 0.314. The summed E-state index contributed by atoms with van der Waals surface area (Å²) in [6.07, 6.45) is 3.74. The third-order valence-electron chi connectivity index (χ3n) is 6.41. The average molecular weight is 520 g/mol. The summed E-state index contributed by atoms with van der Waals surface area (Å²) in [7, 11) is 0. The van der Waals surface area contributed by atoms with Gasteiger partial charge in [-0.25, -0.2) is 14.8 Å². The molecular weight excluding hydrogens is 494 g/mol. The Morgan fingerprint density at radius 1 is 1.22 bits per heavy atom. The lowest BCUT2D eigenvalue weighted by atomic mass is 9.92. The number of ketones is 1. The lowest BCUT2D eigenvalue weighted by Gasteiger charge is -2.39. The highest BCUT2D eigenvalue weighted by Gasteiger charge is 2.33. The van der Waals surface area contributed by atoms with E-state index in [1.807, 2.05) is 35.2 Å². The van der Waals surface area contributed by atoms with Crippen molar-refractivity contribution in [1.29, 1.82) is 0 Å². The number of Topliss-reactive ketones (excluding diaryl/α,β-unsaturated/α-hetero) is 1. The van der Waals surface area contributed by atoms with Gasteiger partial charge in [0.25, 0.3) is 0 Å². The summed E-state index contributed by atoms with van der Waals surface area (Å²) in [5.74, 6) is -0.565. The van der Waals surface area contributed by atoms with Crippen LogP contribution < -0.4 is 10.3 Å². The first-order valence-corrected chi connectivity index (χ1v) is 12.7. The summed E-state index contributed by atoms with van der Waals surface area (Å²) in [5.41, 5.74) is 1.08. The van der Waals surface area contributed by atoms with Crippen LogP contribution in [0.4, 0.5) is 5.82 Å². The third-order valence-corrected chi connectivity index (χ3v) is 7.08. The molecule has 1 aliphatic heterocycles. The molecule has 1 aliphatic rings. The van der Waals surface area contributed by atoms with Crippen molar-refractivity contribution in [3.63, 3.8) is 0 Å². The van der Waals surface area contributed by atoms with E-state index in [-0.39, 0.29) is 22.7 Å². The molecule has 190 valence electrons. The normalized spacial score (nSPS) is 13.6. The second-order valence-corrected chi connectivity index (χ2v) is 9.74. The topological polar surface area (TPSA) is 128 Å². The van der Waals surface area contributed by atoms with Gasteiger partial charge in [-0.05, 0) is 30.5 Å². The van der Waals surface area contributed by atoms with E-state index in [1.165, 1.54) is 17.1 Å². The van der Waals surface area contributed by atoms with Crippen molar-refractivity contribution in [3.8, 4) is 5.13 Å². The lowest BCUT2D eigenvalue weighted by molar-refractivity contribution is -0.124. The number of carboxylic acids is 1. The second kappa shape index (κ2) is 10.6. The number of benzene rings is 1. The fourth-order valence-corrected chi connectivity index (χ4v) is 4.91. The molecule has 10 nitrogen and oxygen atoms in total. The van der Waals surface area contributed by atoms with Gasteiger partial charge in [0.2, 0.25) is 10.6 Å². The minimum Gasteiger partial charge on any atom is -0.477 e. The van der Waals surface area contributed by atoms with E-state index in [1.54, 1.807) is 13.0 Å². The highest BCUT2D eigenvalue weighted by Crippen LogP contribution is 2.29. The van der Waals surface area contributed by atoms with Crippen LogP contribution in [0.3, 0.4) is 0 Å². The molecule has 0 amide bonds. The highest BCUT2D eigenvalue weighted by molar-refractivity contribution is 7.08. The lowest BCUT2D eigenvalue weighted by Crippen LogP contribution is -2.51. The number of aromatic carboxylic acids is 1. The van der Waals surface area contributed by atoms with Crippen molar-refractivity contribution in [2.75, 3.05) is 24.6 Å². The van der Waals surface area contributed by atoms with Crippen molar-refractivity contribution >= 4 is 40.1 Å². The van der Waals surface area contributed by atoms with E-state index in [9.17, 15) is 19.5 Å². The molecule has 0 saturated carbocycles. The van der Waals surface area contributed by atoms with Gasteiger partial charge in [0.1, 0.15) is 23.5 Å². The van der Waals surface area contributed by atoms with Gasteiger partial charge in [-0.15, -0.1) is 0 Å². The molecule has 1 N–H and O–H groups in total. The standard InChI is InChI=1S/C26H25N5O5S/c1-16-10-21(29-24-22(16)23(33)19(25(34)35)13-31(24)26-27-15-28-37-26)30-11-18(12-30)20(32)8-5-9-36-14-17-6-3-2-4-7-17/h2-4,6-7,10,13,15,18H,5,8-9,11-12,14H2,1H3,(H,34,35). The average Bonchev–Trinajstić information content (AvgIpc) is 3.38. The Balaban J connectivity index is 1.26. The Bertz CT molecular complexity index is 1500. The number of carbonyl (C=O) groups is 2. The number of hydrogen-bond acceptors (Lipinski definition) is 9. The molecule has 5 rings (SSSR count). The van der Waals surface area contributed by atoms with Crippen molar-refractivity contribution < 1.29 is 19.4 Å². The zero-order valence-corrected chi connectivity index (χ0v) is 21.0. The largest absolute Gasteiger partial charge is 0.477 e. The molecule has 3 aromatic heterocycles. The Kier molecular flexibility index (Phi) is 7.06. The summed E-state index contributed by atoms with van der Waals surface area (Å²) in [6, 6.07) is 11.7. The van der Waals surface area contributed by atoms with Crippen molar-refractivity contribution in [2.24, 2.45) is 5.92 Å². The fourth-order valence-electron chi connectivity index (χ4n) is 4.40. The molecule has 0 spiro atoms. The van der Waals surface area contributed by atoms with Gasteiger partial charge in [-0.1, -0.05) is 30.3 Å². The van der Waals surface area contributed by atoms with Crippen LogP contribution in [-0.4, -0.2) is 55.5 Å². The number of hydrogen-bond donors (Lipinski definition) is 1. The Morgan fingerprint density at radius 3 is 2.70 bits per heavy atom. The summed E-state index contributed by atoms with van der Waals surface area (Å²) >= 11 is 1.07. The molecule has 0 atom stereocenters. The minimum absolute atomic E-state index is 0.0772. The summed E-state index contributed by atoms with van der Waals surface area (Å²) < 4.78 is 11.2. The van der Waals surface area contributed by atoms with E-state index in [0.717, 1.165) is 17.1 Å². The molecule has 0 bridgehead atoms. The minimum atomic E-state index is -1.32. The molecule has 1 aromatic carbocycles. The van der Waals surface area contributed by atoms with Crippen LogP contribution >= 0.6 is 11.5 Å². The molecule has 4 aromatic rings. The number of carboxylic acid groups (broad SMARTS) is 1. The fraction of sp³-hybridized carbons (Fsp3) is 0.308. The summed E-state index contributed by atoms with van der Waals surface area (Å²) in [4.78, 5) is 48.1. The van der Waals surface area contributed by atoms with Gasteiger partial charge in [0.15, 0.2) is 5.65 Å². The molecule has 0 radical (unpaired) electrons. The monoisotopic (exact) mass is 519 g/mol. The van der Waals surface area contributed by atoms with Crippen LogP contribution in [0.5, 0.6) is 0 Å². The maximum absolute atomic E-state index is 12.9. The smallest absolute Gasteiger partial charge is 0.341 e. The number of aryl methyl sites for hydroxylation is 1. The Hall–Kier alpha value is -3.96. The number of nitrogens with zero attached hydrogens (tertiary/aromatic N) is 5. The zero-order valence-electron chi connectivity index (χ0n) is 20.2. The molecular formula is C26H25N5O5S. The summed E-state index contributed by atoms with van der Waals surface area (Å²) in [5, 5.41) is 10.2. The maximum Gasteiger partial charge on any atom is 0.341 e. The van der Waals surface area contributed by atoms with Gasteiger partial charge < -0.3 is 14.7 Å². The number of aromatic nitrogens is 4. The van der Waals surface area contributed by atoms with Crippen molar-refractivity contribution in [1.82, 2.24) is 18.9 Å². The predicted octanol–water partition coefficient (Wildman–Crippen LogP) is 3.25. The molecule has 1 saturated heterocycles. The molecule has 37 heavy (non-hydrogen) atoms. The van der Waals surface area contributed by atoms with Gasteiger partial charge in [0, 0.05) is 43.8 Å². The number of ether oxygens (including phenoxy) is 1. The molecule has 0 aliphatic carbocycles. The van der Waals surface area contributed by atoms with Crippen LogP contribution in [0.2, 0.25) is 0 Å². The van der Waals surface area contributed by atoms with E-state index in [4.69, 9.17) is 4.74 Å². The van der Waals surface area contributed by atoms with Crippen molar-refractivity contribution in [2.45, 2.75) is 26.4 Å². The first-order valence-electron chi connectivity index (χ1n) is 11.9. The SMILES string of the molecule is Cc1cc(N2CC(C(=O)CCCOCc3ccccc3)C2)nc2c1c(=O)c(C(=O)O)cn2-c1ncns1. The second-order valence-electron chi connectivity index (χ2n) is 8.98. The number of anilines is 1. The number of fused-ring (bicyclic) bond motifs is 1. The van der Waals surface area contributed by atoms with E-state index in [0.29, 0.717) is 61.3 Å². The van der Waals surface area contributed by atoms with Crippen LogP contribution in [0.25, 0.3) is 16.2 Å². The van der Waals surface area contributed by atoms with Gasteiger partial charge in [-0.2, -0.15) is 4.37 Å². The Morgan fingerprint density at radius 2 is 2.00 bits per heavy atom.